The molecule has 1 atom stereocenters. The number of hydrogen-bond donors (Lipinski definition) is 1. The SMILES string of the molecule is O=C(OCC(F)CCO)c1ccccc1. The molecular formula is C11H13FO3. The first kappa shape index (κ1) is 11.7. The number of rotatable bonds is 5. The Morgan fingerprint density at radius 2 is 2.07 bits per heavy atom. The maximum Gasteiger partial charge on any atom is 0.338 e. The lowest BCUT2D eigenvalue weighted by Crippen LogP contribution is -2.16. The molecule has 15 heavy (non-hydrogen) atoms. The van der Waals surface area contributed by atoms with Crippen molar-refractivity contribution in [1.82, 2.24) is 0 Å². The van der Waals surface area contributed by atoms with E-state index in [4.69, 9.17) is 9.84 Å². The van der Waals surface area contributed by atoms with Crippen LogP contribution in [0.4, 0.5) is 4.39 Å². The lowest BCUT2D eigenvalue weighted by Gasteiger charge is -2.07. The minimum Gasteiger partial charge on any atom is -0.459 e. The first-order valence-corrected chi connectivity index (χ1v) is 4.71. The zero-order chi connectivity index (χ0) is 11.1. The van der Waals surface area contributed by atoms with Crippen molar-refractivity contribution in [2.24, 2.45) is 0 Å². The molecule has 1 aromatic carbocycles. The minimum atomic E-state index is -1.30. The molecule has 0 aromatic heterocycles. The van der Waals surface area contributed by atoms with Crippen LogP contribution >= 0.6 is 0 Å². The molecule has 0 aliphatic rings. The number of ether oxygens (including phenoxy) is 1. The highest BCUT2D eigenvalue weighted by Gasteiger charge is 2.11. The molecule has 0 saturated carbocycles. The van der Waals surface area contributed by atoms with Crippen molar-refractivity contribution in [1.29, 1.82) is 0 Å². The van der Waals surface area contributed by atoms with Crippen molar-refractivity contribution >= 4 is 5.97 Å². The van der Waals surface area contributed by atoms with E-state index >= 15 is 0 Å². The van der Waals surface area contributed by atoms with Crippen LogP contribution in [0.15, 0.2) is 30.3 Å². The van der Waals surface area contributed by atoms with Crippen LogP contribution in [0.5, 0.6) is 0 Å². The Morgan fingerprint density at radius 3 is 2.67 bits per heavy atom. The first-order valence-electron chi connectivity index (χ1n) is 4.71. The van der Waals surface area contributed by atoms with E-state index in [1.165, 1.54) is 0 Å². The second-order valence-electron chi connectivity index (χ2n) is 3.07. The van der Waals surface area contributed by atoms with Crippen molar-refractivity contribution in [2.75, 3.05) is 13.2 Å². The molecule has 3 nitrogen and oxygen atoms in total. The number of halogens is 1. The summed E-state index contributed by atoms with van der Waals surface area (Å²) in [5, 5.41) is 8.44. The van der Waals surface area contributed by atoms with Gasteiger partial charge in [0, 0.05) is 13.0 Å². The molecule has 0 spiro atoms. The van der Waals surface area contributed by atoms with Gasteiger partial charge in [-0.15, -0.1) is 0 Å². The number of aliphatic hydroxyl groups excluding tert-OH is 1. The third kappa shape index (κ3) is 4.08. The van der Waals surface area contributed by atoms with Gasteiger partial charge >= 0.3 is 5.97 Å². The Hall–Kier alpha value is -1.42. The average Bonchev–Trinajstić information content (AvgIpc) is 2.27. The zero-order valence-electron chi connectivity index (χ0n) is 8.23. The van der Waals surface area contributed by atoms with E-state index in [2.05, 4.69) is 0 Å². The molecular weight excluding hydrogens is 199 g/mol. The highest BCUT2D eigenvalue weighted by atomic mass is 19.1. The van der Waals surface area contributed by atoms with Crippen molar-refractivity contribution in [3.8, 4) is 0 Å². The second-order valence-corrected chi connectivity index (χ2v) is 3.07. The second kappa shape index (κ2) is 6.14. The molecule has 1 N–H and O–H groups in total. The monoisotopic (exact) mass is 212 g/mol. The normalized spacial score (nSPS) is 12.1. The largest absolute Gasteiger partial charge is 0.459 e. The maximum absolute atomic E-state index is 12.8. The number of benzene rings is 1. The predicted octanol–water partition coefficient (Wildman–Crippen LogP) is 1.56. The predicted molar refractivity (Wildman–Crippen MR) is 53.3 cm³/mol. The summed E-state index contributed by atoms with van der Waals surface area (Å²) in [5.41, 5.74) is 0.397. The summed E-state index contributed by atoms with van der Waals surface area (Å²) < 4.78 is 17.6. The molecule has 0 amide bonds. The lowest BCUT2D eigenvalue weighted by atomic mass is 10.2. The van der Waals surface area contributed by atoms with Crippen molar-refractivity contribution in [3.05, 3.63) is 35.9 Å². The van der Waals surface area contributed by atoms with Crippen LogP contribution in [0.2, 0.25) is 0 Å². The smallest absolute Gasteiger partial charge is 0.338 e. The summed E-state index contributed by atoms with van der Waals surface area (Å²) in [6.45, 7) is -0.557. The van der Waals surface area contributed by atoms with Gasteiger partial charge in [-0.1, -0.05) is 18.2 Å². The van der Waals surface area contributed by atoms with Crippen LogP contribution in [0.25, 0.3) is 0 Å². The highest BCUT2D eigenvalue weighted by Crippen LogP contribution is 2.04. The van der Waals surface area contributed by atoms with E-state index in [9.17, 15) is 9.18 Å². The fourth-order valence-corrected chi connectivity index (χ4v) is 1.05. The van der Waals surface area contributed by atoms with Crippen LogP contribution in [-0.2, 0) is 4.74 Å². The maximum atomic E-state index is 12.8. The molecule has 1 aromatic rings. The van der Waals surface area contributed by atoms with Gasteiger partial charge in [-0.3, -0.25) is 0 Å². The van der Waals surface area contributed by atoms with E-state index < -0.39 is 12.1 Å². The van der Waals surface area contributed by atoms with Gasteiger partial charge in [0.2, 0.25) is 0 Å². The van der Waals surface area contributed by atoms with Gasteiger partial charge in [0.05, 0.1) is 5.56 Å². The van der Waals surface area contributed by atoms with E-state index in [-0.39, 0.29) is 19.6 Å². The van der Waals surface area contributed by atoms with Crippen LogP contribution in [0.3, 0.4) is 0 Å². The number of carbonyl (C=O) groups is 1. The quantitative estimate of drug-likeness (QED) is 0.753. The first-order chi connectivity index (χ1) is 7.24. The molecule has 1 unspecified atom stereocenters. The van der Waals surface area contributed by atoms with Crippen molar-refractivity contribution in [2.45, 2.75) is 12.6 Å². The van der Waals surface area contributed by atoms with Crippen molar-refractivity contribution < 1.29 is 19.0 Å². The van der Waals surface area contributed by atoms with Crippen LogP contribution in [0.1, 0.15) is 16.8 Å². The van der Waals surface area contributed by atoms with Gasteiger partial charge in [-0.2, -0.15) is 0 Å². The van der Waals surface area contributed by atoms with Gasteiger partial charge in [0.25, 0.3) is 0 Å². The zero-order valence-corrected chi connectivity index (χ0v) is 8.23. The Kier molecular flexibility index (Phi) is 4.77. The summed E-state index contributed by atoms with van der Waals surface area (Å²) in [5.74, 6) is -0.545. The highest BCUT2D eigenvalue weighted by molar-refractivity contribution is 5.89. The fourth-order valence-electron chi connectivity index (χ4n) is 1.05. The van der Waals surface area contributed by atoms with E-state index in [1.807, 2.05) is 0 Å². The number of alkyl halides is 1. The van der Waals surface area contributed by atoms with Crippen LogP contribution < -0.4 is 0 Å². The number of esters is 1. The molecule has 0 aliphatic carbocycles. The molecule has 0 radical (unpaired) electrons. The van der Waals surface area contributed by atoms with Gasteiger partial charge in [0.1, 0.15) is 12.8 Å². The third-order valence-corrected chi connectivity index (χ3v) is 1.85. The summed E-state index contributed by atoms with van der Waals surface area (Å²) >= 11 is 0. The number of hydrogen-bond acceptors (Lipinski definition) is 3. The van der Waals surface area contributed by atoms with E-state index in [1.54, 1.807) is 30.3 Å². The molecule has 0 bridgehead atoms. The Morgan fingerprint density at radius 1 is 1.40 bits per heavy atom. The Balaban J connectivity index is 2.37. The molecule has 82 valence electrons. The standard InChI is InChI=1S/C11H13FO3/c12-10(6-7-13)8-15-11(14)9-4-2-1-3-5-9/h1-5,10,13H,6-8H2. The van der Waals surface area contributed by atoms with Crippen LogP contribution in [-0.4, -0.2) is 30.5 Å². The molecule has 0 heterocycles. The third-order valence-electron chi connectivity index (χ3n) is 1.85. The fraction of sp³-hybridized carbons (Fsp3) is 0.364. The van der Waals surface area contributed by atoms with E-state index in [0.717, 1.165) is 0 Å². The summed E-state index contributed by atoms with van der Waals surface area (Å²) in [7, 11) is 0. The van der Waals surface area contributed by atoms with E-state index in [0.29, 0.717) is 5.56 Å². The molecule has 0 fully saturated rings. The summed E-state index contributed by atoms with van der Waals surface area (Å²) in [4.78, 5) is 11.3. The summed E-state index contributed by atoms with van der Waals surface area (Å²) in [6, 6.07) is 8.39. The summed E-state index contributed by atoms with van der Waals surface area (Å²) in [6.07, 6.45) is -1.31. The van der Waals surface area contributed by atoms with Gasteiger partial charge in [0.15, 0.2) is 0 Å². The molecule has 1 rings (SSSR count). The number of carbonyl (C=O) groups excluding carboxylic acids is 1. The Bertz CT molecular complexity index is 300. The topological polar surface area (TPSA) is 46.5 Å². The Labute approximate surface area is 87.5 Å². The average molecular weight is 212 g/mol. The van der Waals surface area contributed by atoms with Crippen LogP contribution in [0, 0.1) is 0 Å². The lowest BCUT2D eigenvalue weighted by molar-refractivity contribution is 0.0372. The van der Waals surface area contributed by atoms with Gasteiger partial charge in [-0.05, 0) is 12.1 Å². The molecule has 0 aliphatic heterocycles. The minimum absolute atomic E-state index is 0.0118. The number of aliphatic hydroxyl groups is 1. The van der Waals surface area contributed by atoms with Gasteiger partial charge in [-0.25, -0.2) is 9.18 Å². The molecule has 0 saturated heterocycles. The molecule has 4 heteroatoms. The van der Waals surface area contributed by atoms with Gasteiger partial charge < -0.3 is 9.84 Å². The van der Waals surface area contributed by atoms with Crippen molar-refractivity contribution in [3.63, 3.8) is 0 Å².